The summed E-state index contributed by atoms with van der Waals surface area (Å²) in [6.07, 6.45) is 0.235. The second kappa shape index (κ2) is 4.10. The van der Waals surface area contributed by atoms with Gasteiger partial charge >= 0.3 is 0 Å². The van der Waals surface area contributed by atoms with Gasteiger partial charge in [-0.2, -0.15) is 0 Å². The van der Waals surface area contributed by atoms with Gasteiger partial charge in [0.25, 0.3) is 0 Å². The molecule has 0 spiro atoms. The number of Topliss-reactive ketones (excluding diaryl/α,β-unsaturated/α-hetero) is 2. The van der Waals surface area contributed by atoms with Crippen molar-refractivity contribution in [3.05, 3.63) is 30.3 Å². The van der Waals surface area contributed by atoms with Crippen LogP contribution in [-0.2, 0) is 19.2 Å². The molecule has 3 aliphatic carbocycles. The fraction of sp³-hybridized carbons (Fsp3) is 0.375. The summed E-state index contributed by atoms with van der Waals surface area (Å²) < 4.78 is 0. The van der Waals surface area contributed by atoms with Gasteiger partial charge < -0.3 is 0 Å². The van der Waals surface area contributed by atoms with Gasteiger partial charge in [-0.1, -0.05) is 18.2 Å². The third kappa shape index (κ3) is 1.51. The summed E-state index contributed by atoms with van der Waals surface area (Å²) >= 11 is 0. The Kier molecular flexibility index (Phi) is 2.43. The molecule has 5 nitrogen and oxygen atoms in total. The molecule has 0 unspecified atom stereocenters. The molecule has 0 N–H and O–H groups in total. The average Bonchev–Trinajstić information content (AvgIpc) is 2.74. The van der Waals surface area contributed by atoms with Crippen LogP contribution in [-0.4, -0.2) is 23.4 Å². The molecule has 106 valence electrons. The number of benzene rings is 1. The van der Waals surface area contributed by atoms with E-state index in [4.69, 9.17) is 0 Å². The highest BCUT2D eigenvalue weighted by Crippen LogP contribution is 2.50. The predicted molar refractivity (Wildman–Crippen MR) is 72.1 cm³/mol. The zero-order chi connectivity index (χ0) is 14.7. The summed E-state index contributed by atoms with van der Waals surface area (Å²) in [6, 6.07) is 8.70. The Morgan fingerprint density at radius 3 is 1.71 bits per heavy atom. The normalized spacial score (nSPS) is 34.6. The Hall–Kier alpha value is -2.30. The zero-order valence-corrected chi connectivity index (χ0v) is 11.2. The first-order chi connectivity index (χ1) is 10.1. The van der Waals surface area contributed by atoms with E-state index in [1.54, 1.807) is 30.3 Å². The molecule has 2 amide bonds. The number of carbonyl (C=O) groups excluding carboxylic acids is 4. The number of fused-ring (bicyclic) bond motifs is 2. The third-order valence-electron chi connectivity index (χ3n) is 4.95. The fourth-order valence-corrected chi connectivity index (χ4v) is 4.01. The second-order valence-electron chi connectivity index (χ2n) is 5.95. The molecule has 1 aromatic carbocycles. The van der Waals surface area contributed by atoms with Gasteiger partial charge in [0.2, 0.25) is 11.8 Å². The molecular formula is C16H13NO4. The van der Waals surface area contributed by atoms with Crippen molar-refractivity contribution in [1.29, 1.82) is 0 Å². The summed E-state index contributed by atoms with van der Waals surface area (Å²) in [5.41, 5.74) is 0.515. The zero-order valence-electron chi connectivity index (χ0n) is 11.2. The molecule has 1 aliphatic heterocycles. The lowest BCUT2D eigenvalue weighted by Gasteiger charge is -2.40. The van der Waals surface area contributed by atoms with Crippen LogP contribution in [0.15, 0.2) is 30.3 Å². The van der Waals surface area contributed by atoms with Crippen molar-refractivity contribution in [2.24, 2.45) is 23.7 Å². The highest BCUT2D eigenvalue weighted by atomic mass is 16.2. The van der Waals surface area contributed by atoms with Gasteiger partial charge in [0.15, 0.2) is 0 Å². The second-order valence-corrected chi connectivity index (χ2v) is 5.95. The lowest BCUT2D eigenvalue weighted by molar-refractivity contribution is -0.153. The smallest absolute Gasteiger partial charge is 0.238 e. The first-order valence-corrected chi connectivity index (χ1v) is 7.08. The van der Waals surface area contributed by atoms with Gasteiger partial charge in [-0.3, -0.25) is 24.1 Å². The highest BCUT2D eigenvalue weighted by Gasteiger charge is 2.63. The Morgan fingerprint density at radius 1 is 0.762 bits per heavy atom. The number of amides is 2. The number of hydrogen-bond donors (Lipinski definition) is 0. The third-order valence-corrected chi connectivity index (χ3v) is 4.95. The topological polar surface area (TPSA) is 71.5 Å². The number of imide groups is 1. The van der Waals surface area contributed by atoms with Crippen molar-refractivity contribution < 1.29 is 19.2 Å². The van der Waals surface area contributed by atoms with Crippen molar-refractivity contribution in [3.63, 3.8) is 0 Å². The number of para-hydroxylation sites is 1. The standard InChI is InChI=1S/C16H13NO4/c18-11-6-9-12(19)7-10(11)14-13(9)15(20)17(16(14)21)8-4-2-1-3-5-8/h1-5,9-10,13-14H,6-7H2/t9-,10-,13-,14+/m0/s1. The van der Waals surface area contributed by atoms with Crippen LogP contribution in [0.3, 0.4) is 0 Å². The SMILES string of the molecule is O=C1C[C@H]2C(=O)C[C@@H]1[C@@H]1C(=O)N(c3ccccc3)C(=O)[C@@H]12. The van der Waals surface area contributed by atoms with Crippen LogP contribution in [0, 0.1) is 23.7 Å². The lowest BCUT2D eigenvalue weighted by atomic mass is 9.58. The van der Waals surface area contributed by atoms with E-state index in [0.717, 1.165) is 4.90 Å². The number of carbonyl (C=O) groups is 4. The van der Waals surface area contributed by atoms with Crippen LogP contribution >= 0.6 is 0 Å². The van der Waals surface area contributed by atoms with Crippen molar-refractivity contribution in [1.82, 2.24) is 0 Å². The van der Waals surface area contributed by atoms with Gasteiger partial charge in [-0.15, -0.1) is 0 Å². The monoisotopic (exact) mass is 283 g/mol. The number of ketones is 2. The minimum absolute atomic E-state index is 0.0445. The van der Waals surface area contributed by atoms with Crippen LogP contribution in [0.25, 0.3) is 0 Å². The van der Waals surface area contributed by atoms with Gasteiger partial charge in [-0.05, 0) is 12.1 Å². The van der Waals surface area contributed by atoms with Crippen LogP contribution in [0.2, 0.25) is 0 Å². The number of hydrogen-bond acceptors (Lipinski definition) is 4. The molecule has 3 saturated carbocycles. The molecular weight excluding hydrogens is 270 g/mol. The van der Waals surface area contributed by atoms with Crippen LogP contribution in [0.5, 0.6) is 0 Å². The molecule has 1 aromatic rings. The van der Waals surface area contributed by atoms with E-state index >= 15 is 0 Å². The summed E-state index contributed by atoms with van der Waals surface area (Å²) in [5.74, 6) is -3.22. The van der Waals surface area contributed by atoms with Crippen molar-refractivity contribution in [2.45, 2.75) is 12.8 Å². The van der Waals surface area contributed by atoms with Crippen molar-refractivity contribution >= 4 is 29.1 Å². The predicted octanol–water partition coefficient (Wildman–Crippen LogP) is 0.970. The first-order valence-electron chi connectivity index (χ1n) is 7.08. The molecule has 4 aliphatic rings. The van der Waals surface area contributed by atoms with Gasteiger partial charge in [0.05, 0.1) is 17.5 Å². The maximum absolute atomic E-state index is 12.6. The van der Waals surface area contributed by atoms with E-state index in [1.807, 2.05) is 0 Å². The highest BCUT2D eigenvalue weighted by molar-refractivity contribution is 6.25. The van der Waals surface area contributed by atoms with Gasteiger partial charge in [-0.25, -0.2) is 0 Å². The molecule has 5 heteroatoms. The molecule has 0 aromatic heterocycles. The molecule has 4 atom stereocenters. The fourth-order valence-electron chi connectivity index (χ4n) is 4.01. The van der Waals surface area contributed by atoms with E-state index < -0.39 is 23.7 Å². The Balaban J connectivity index is 1.80. The maximum atomic E-state index is 12.6. The quantitative estimate of drug-likeness (QED) is 0.720. The van der Waals surface area contributed by atoms with Gasteiger partial charge in [0, 0.05) is 24.7 Å². The van der Waals surface area contributed by atoms with Crippen LogP contribution in [0.4, 0.5) is 5.69 Å². The van der Waals surface area contributed by atoms with E-state index in [1.165, 1.54) is 0 Å². The largest absolute Gasteiger partial charge is 0.299 e. The summed E-state index contributed by atoms with van der Waals surface area (Å²) in [6.45, 7) is 0. The molecule has 0 radical (unpaired) electrons. The molecule has 4 fully saturated rings. The Labute approximate surface area is 120 Å². The first kappa shape index (κ1) is 12.4. The minimum Gasteiger partial charge on any atom is -0.299 e. The molecule has 21 heavy (non-hydrogen) atoms. The number of anilines is 1. The van der Waals surface area contributed by atoms with E-state index in [9.17, 15) is 19.2 Å². The van der Waals surface area contributed by atoms with Crippen molar-refractivity contribution in [3.8, 4) is 0 Å². The van der Waals surface area contributed by atoms with E-state index in [2.05, 4.69) is 0 Å². The lowest BCUT2D eigenvalue weighted by Crippen LogP contribution is -2.51. The van der Waals surface area contributed by atoms with Crippen LogP contribution < -0.4 is 4.90 Å². The van der Waals surface area contributed by atoms with E-state index in [-0.39, 0.29) is 36.2 Å². The Bertz CT molecular complexity index is 641. The summed E-state index contributed by atoms with van der Waals surface area (Å²) in [4.78, 5) is 50.4. The average molecular weight is 283 g/mol. The molecule has 1 heterocycles. The minimum atomic E-state index is -0.637. The molecule has 5 rings (SSSR count). The molecule has 1 saturated heterocycles. The van der Waals surface area contributed by atoms with Crippen molar-refractivity contribution in [2.75, 3.05) is 4.90 Å². The number of rotatable bonds is 1. The van der Waals surface area contributed by atoms with Crippen LogP contribution in [0.1, 0.15) is 12.8 Å². The number of nitrogens with zero attached hydrogens (tertiary/aromatic N) is 1. The summed E-state index contributed by atoms with van der Waals surface area (Å²) in [5, 5.41) is 0. The molecule has 2 bridgehead atoms. The van der Waals surface area contributed by atoms with E-state index in [0.29, 0.717) is 5.69 Å². The Morgan fingerprint density at radius 2 is 1.24 bits per heavy atom. The maximum Gasteiger partial charge on any atom is 0.238 e. The van der Waals surface area contributed by atoms with Gasteiger partial charge in [0.1, 0.15) is 11.6 Å². The summed E-state index contributed by atoms with van der Waals surface area (Å²) in [7, 11) is 0.